The van der Waals surface area contributed by atoms with Crippen LogP contribution in [0.15, 0.2) is 65.1 Å². The van der Waals surface area contributed by atoms with Gasteiger partial charge in [0.1, 0.15) is 0 Å². The van der Waals surface area contributed by atoms with Crippen molar-refractivity contribution in [3.8, 4) is 17.0 Å². The van der Waals surface area contributed by atoms with Crippen LogP contribution in [-0.2, 0) is 12.9 Å². The second-order valence-electron chi connectivity index (χ2n) is 8.38. The van der Waals surface area contributed by atoms with Crippen LogP contribution < -0.4 is 4.74 Å². The number of aromatic nitrogens is 1. The van der Waals surface area contributed by atoms with Gasteiger partial charge in [0.15, 0.2) is 0 Å². The molecule has 0 aliphatic carbocycles. The summed E-state index contributed by atoms with van der Waals surface area (Å²) in [6, 6.07) is 18.4. The Bertz CT molecular complexity index is 1270. The summed E-state index contributed by atoms with van der Waals surface area (Å²) in [4.78, 5) is 19.2. The third-order valence-electron chi connectivity index (χ3n) is 6.19. The fourth-order valence-corrected chi connectivity index (χ4v) is 9.98. The van der Waals surface area contributed by atoms with Crippen molar-refractivity contribution < 1.29 is 18.4 Å². The van der Waals surface area contributed by atoms with Crippen molar-refractivity contribution in [2.24, 2.45) is 0 Å². The molecule has 2 aromatic carbocycles. The first-order valence-electron chi connectivity index (χ1n) is 10.3. The van der Waals surface area contributed by atoms with Crippen LogP contribution in [0.5, 0.6) is 5.75 Å². The molecule has 1 fully saturated rings. The van der Waals surface area contributed by atoms with E-state index in [0.29, 0.717) is 16.5 Å². The predicted molar refractivity (Wildman–Crippen MR) is 129 cm³/mol. The first-order chi connectivity index (χ1) is 15.7. The number of carbonyl (C=O) groups is 1. The van der Waals surface area contributed by atoms with Gasteiger partial charge < -0.3 is 0 Å². The van der Waals surface area contributed by atoms with E-state index in [1.165, 1.54) is 4.90 Å². The number of ether oxygens (including phenoxy) is 1. The number of benzene rings is 2. The SMILES string of the molecule is CN(C)C(=O)C1C(c2ccccc2)C2Oc3cc(Cl)c(-c4ccc(Br)cc4)nc3C2(O)[As]1=O. The van der Waals surface area contributed by atoms with Gasteiger partial charge in [-0.2, -0.15) is 0 Å². The van der Waals surface area contributed by atoms with Gasteiger partial charge in [-0.25, -0.2) is 0 Å². The van der Waals surface area contributed by atoms with E-state index < -0.39 is 35.7 Å². The number of pyridine rings is 1. The van der Waals surface area contributed by atoms with E-state index in [4.69, 9.17) is 16.3 Å². The molecule has 0 saturated carbocycles. The van der Waals surface area contributed by atoms with Crippen molar-refractivity contribution in [1.29, 1.82) is 0 Å². The monoisotopic (exact) mass is 589 g/mol. The number of hydrogen-bond donors (Lipinski definition) is 1. The van der Waals surface area contributed by atoms with Crippen LogP contribution in [0.4, 0.5) is 0 Å². The molecule has 0 spiro atoms. The van der Waals surface area contributed by atoms with Gasteiger partial charge in [0.2, 0.25) is 0 Å². The van der Waals surface area contributed by atoms with E-state index in [1.807, 2.05) is 54.6 Å². The van der Waals surface area contributed by atoms with E-state index in [2.05, 4.69) is 20.9 Å². The molecule has 2 aliphatic rings. The zero-order valence-corrected chi connectivity index (χ0v) is 22.0. The molecular formula is C24H20AsBrClN2O4. The number of amides is 1. The van der Waals surface area contributed by atoms with Gasteiger partial charge in [-0.1, -0.05) is 0 Å². The Balaban J connectivity index is 1.68. The molecule has 0 bridgehead atoms. The zero-order valence-electron chi connectivity index (χ0n) is 17.8. The van der Waals surface area contributed by atoms with Gasteiger partial charge in [-0.05, 0) is 0 Å². The van der Waals surface area contributed by atoms with E-state index in [-0.39, 0.29) is 11.6 Å². The number of rotatable bonds is 3. The Labute approximate surface area is 209 Å². The number of hydrogen-bond acceptors (Lipinski definition) is 5. The fraction of sp³-hybridized carbons (Fsp3) is 0.250. The maximum atomic E-state index is 14.0. The number of nitrogens with zero attached hydrogens (tertiary/aromatic N) is 2. The van der Waals surface area contributed by atoms with Gasteiger partial charge in [-0.3, -0.25) is 0 Å². The Morgan fingerprint density at radius 2 is 1.85 bits per heavy atom. The molecule has 169 valence electrons. The zero-order chi connectivity index (χ0) is 23.5. The summed E-state index contributed by atoms with van der Waals surface area (Å²) >= 11 is 6.43. The molecule has 5 atom stereocenters. The number of carbonyl (C=O) groups excluding carboxylic acids is 1. The summed E-state index contributed by atoms with van der Waals surface area (Å²) in [6.45, 7) is 0. The minimum atomic E-state index is -3.52. The molecule has 3 heterocycles. The standard InChI is InChI=1S/C24H20AsBrClN2O4/c1-29(2)23(30)19-18(13-6-4-3-5-7-13)22-24(31,25(19)32)21-17(33-22)12-16(27)20(28-21)14-8-10-15(26)11-9-14/h3-12,18-19,22,31H,1-2H3. The van der Waals surface area contributed by atoms with E-state index in [9.17, 15) is 13.6 Å². The van der Waals surface area contributed by atoms with Gasteiger partial charge in [0, 0.05) is 0 Å². The van der Waals surface area contributed by atoms with Crippen LogP contribution in [0.25, 0.3) is 11.3 Å². The van der Waals surface area contributed by atoms with Gasteiger partial charge in [0.25, 0.3) is 0 Å². The Kier molecular flexibility index (Phi) is 5.72. The van der Waals surface area contributed by atoms with Crippen molar-refractivity contribution in [2.75, 3.05) is 14.1 Å². The third-order valence-corrected chi connectivity index (χ3v) is 11.6. The van der Waals surface area contributed by atoms with Crippen LogP contribution >= 0.6 is 27.5 Å². The fourth-order valence-electron chi connectivity index (χ4n) is 4.62. The molecular weight excluding hydrogens is 571 g/mol. The summed E-state index contributed by atoms with van der Waals surface area (Å²) in [5, 5.41) is 12.3. The molecule has 2 aliphatic heterocycles. The molecule has 1 amide bonds. The topological polar surface area (TPSA) is 79.7 Å². The summed E-state index contributed by atoms with van der Waals surface area (Å²) in [5.41, 5.74) is 2.20. The van der Waals surface area contributed by atoms with Crippen LogP contribution in [0, 0.1) is 0 Å². The molecule has 1 saturated heterocycles. The molecule has 5 rings (SSSR count). The second-order valence-corrected chi connectivity index (χ2v) is 13.7. The van der Waals surface area contributed by atoms with Gasteiger partial charge >= 0.3 is 210 Å². The van der Waals surface area contributed by atoms with Crippen molar-refractivity contribution in [2.45, 2.75) is 21.1 Å². The Hall–Kier alpha value is -2.05. The average molecular weight is 591 g/mol. The van der Waals surface area contributed by atoms with Crippen molar-refractivity contribution in [3.05, 3.63) is 81.4 Å². The van der Waals surface area contributed by atoms with Crippen molar-refractivity contribution >= 4 is 48.0 Å². The predicted octanol–water partition coefficient (Wildman–Crippen LogP) is 4.33. The molecule has 9 heteroatoms. The van der Waals surface area contributed by atoms with Crippen LogP contribution in [-0.4, -0.2) is 55.7 Å². The molecule has 1 N–H and O–H groups in total. The molecule has 1 radical (unpaired) electrons. The van der Waals surface area contributed by atoms with Crippen molar-refractivity contribution in [3.63, 3.8) is 0 Å². The van der Waals surface area contributed by atoms with E-state index in [0.717, 1.165) is 15.6 Å². The molecule has 6 nitrogen and oxygen atoms in total. The first-order valence-corrected chi connectivity index (χ1v) is 14.3. The van der Waals surface area contributed by atoms with E-state index in [1.54, 1.807) is 20.2 Å². The number of fused-ring (bicyclic) bond motifs is 3. The summed E-state index contributed by atoms with van der Waals surface area (Å²) in [6.07, 6.45) is -0.898. The van der Waals surface area contributed by atoms with E-state index >= 15 is 0 Å². The molecule has 33 heavy (non-hydrogen) atoms. The number of aliphatic hydroxyl groups is 1. The second kappa shape index (κ2) is 8.31. The third kappa shape index (κ3) is 3.48. The molecule has 3 aromatic rings. The summed E-state index contributed by atoms with van der Waals surface area (Å²) in [5.74, 6) is -0.554. The first kappa shape index (κ1) is 22.7. The quantitative estimate of drug-likeness (QED) is 0.460. The normalized spacial score (nSPS) is 26.5. The average Bonchev–Trinajstić information content (AvgIpc) is 3.20. The van der Waals surface area contributed by atoms with Crippen LogP contribution in [0.3, 0.4) is 0 Å². The molecule has 5 unspecified atom stereocenters. The maximum absolute atomic E-state index is 14.0. The summed E-state index contributed by atoms with van der Waals surface area (Å²) < 4.78 is 18.3. The Morgan fingerprint density at radius 1 is 1.18 bits per heavy atom. The van der Waals surface area contributed by atoms with Crippen molar-refractivity contribution in [1.82, 2.24) is 9.88 Å². The summed E-state index contributed by atoms with van der Waals surface area (Å²) in [7, 11) is 3.26. The minimum absolute atomic E-state index is 0.194. The van der Waals surface area contributed by atoms with Gasteiger partial charge in [-0.15, -0.1) is 0 Å². The van der Waals surface area contributed by atoms with Crippen LogP contribution in [0.2, 0.25) is 9.73 Å². The molecule has 1 aromatic heterocycles. The Morgan fingerprint density at radius 3 is 2.48 bits per heavy atom. The number of halogens is 2. The van der Waals surface area contributed by atoms with Crippen LogP contribution in [0.1, 0.15) is 17.2 Å². The van der Waals surface area contributed by atoms with Gasteiger partial charge in [0.05, 0.1) is 0 Å².